The van der Waals surface area contributed by atoms with Crippen LogP contribution in [0.3, 0.4) is 0 Å². The summed E-state index contributed by atoms with van der Waals surface area (Å²) in [6.45, 7) is 13.7. The van der Waals surface area contributed by atoms with Crippen molar-refractivity contribution in [3.05, 3.63) is 64.0 Å². The molecule has 0 saturated heterocycles. The van der Waals surface area contributed by atoms with E-state index in [0.717, 1.165) is 5.56 Å². The summed E-state index contributed by atoms with van der Waals surface area (Å²) in [6, 6.07) is 8.20. The van der Waals surface area contributed by atoms with E-state index in [4.69, 9.17) is 4.74 Å². The highest BCUT2D eigenvalue weighted by molar-refractivity contribution is 5.93. The van der Waals surface area contributed by atoms with Crippen LogP contribution in [-0.2, 0) is 17.7 Å². The molecule has 0 aliphatic rings. The molecule has 2 heterocycles. The number of ether oxygens (including phenoxy) is 1. The Morgan fingerprint density at radius 2 is 1.81 bits per heavy atom. The van der Waals surface area contributed by atoms with Crippen LogP contribution in [0.15, 0.2) is 41.3 Å². The van der Waals surface area contributed by atoms with E-state index in [1.54, 1.807) is 49.7 Å². The minimum absolute atomic E-state index is 0.0512. The number of fused-ring (bicyclic) bond motifs is 1. The van der Waals surface area contributed by atoms with E-state index >= 15 is 0 Å². The van der Waals surface area contributed by atoms with Gasteiger partial charge in [-0.15, -0.1) is 0 Å². The summed E-state index contributed by atoms with van der Waals surface area (Å²) >= 11 is 0. The maximum Gasteiger partial charge on any atom is 0.419 e. The summed E-state index contributed by atoms with van der Waals surface area (Å²) in [5.41, 5.74) is 1.25. The highest BCUT2D eigenvalue weighted by Crippen LogP contribution is 2.31. The van der Waals surface area contributed by atoms with Gasteiger partial charge in [0.05, 0.1) is 23.9 Å². The number of halogens is 1. The lowest BCUT2D eigenvalue weighted by atomic mass is 9.87. The minimum Gasteiger partial charge on any atom is -0.443 e. The molecular weight excluding hydrogens is 459 g/mol. The van der Waals surface area contributed by atoms with E-state index in [9.17, 15) is 14.0 Å². The Bertz CT molecular complexity index is 1310. The Labute approximate surface area is 212 Å². The van der Waals surface area contributed by atoms with Crippen molar-refractivity contribution >= 4 is 22.7 Å². The number of rotatable bonds is 6. The number of carbonyl (C=O) groups excluding carboxylic acids is 1. The molecule has 196 valence electrons. The van der Waals surface area contributed by atoms with Gasteiger partial charge >= 0.3 is 6.09 Å². The molecule has 0 bridgehead atoms. The first kappa shape index (κ1) is 27.5. The van der Waals surface area contributed by atoms with Crippen molar-refractivity contribution in [2.45, 2.75) is 73.2 Å². The normalized spacial score (nSPS) is 13.3. The molecule has 3 aromatic rings. The molecule has 2 aromatic heterocycles. The van der Waals surface area contributed by atoms with Gasteiger partial charge < -0.3 is 14.6 Å². The first-order valence-corrected chi connectivity index (χ1v) is 12.2. The van der Waals surface area contributed by atoms with Gasteiger partial charge in [-0.05, 0) is 89.5 Å². The van der Waals surface area contributed by atoms with Crippen LogP contribution in [0.25, 0.3) is 10.9 Å². The van der Waals surface area contributed by atoms with E-state index < -0.39 is 11.7 Å². The van der Waals surface area contributed by atoms with E-state index in [-0.39, 0.29) is 29.5 Å². The fraction of sp³-hybridized carbons (Fsp3) is 0.500. The monoisotopic (exact) mass is 498 g/mol. The maximum atomic E-state index is 14.6. The van der Waals surface area contributed by atoms with Crippen molar-refractivity contribution in [2.75, 3.05) is 19.4 Å². The van der Waals surface area contributed by atoms with E-state index in [2.05, 4.69) is 26.1 Å². The van der Waals surface area contributed by atoms with Gasteiger partial charge in [-0.25, -0.2) is 13.8 Å². The van der Waals surface area contributed by atoms with Crippen molar-refractivity contribution in [3.63, 3.8) is 0 Å². The summed E-state index contributed by atoms with van der Waals surface area (Å²) in [5.74, 6) is -0.365. The number of pyridine rings is 1. The van der Waals surface area contributed by atoms with Gasteiger partial charge in [0, 0.05) is 11.6 Å². The summed E-state index contributed by atoms with van der Waals surface area (Å²) in [4.78, 5) is 28.7. The van der Waals surface area contributed by atoms with E-state index in [1.165, 1.54) is 16.7 Å². The van der Waals surface area contributed by atoms with Crippen LogP contribution in [0.4, 0.5) is 14.9 Å². The summed E-state index contributed by atoms with van der Waals surface area (Å²) in [6.07, 6.45) is 1.64. The summed E-state index contributed by atoms with van der Waals surface area (Å²) < 4.78 is 23.4. The van der Waals surface area contributed by atoms with Gasteiger partial charge in [0.2, 0.25) is 0 Å². The van der Waals surface area contributed by atoms with Gasteiger partial charge in [0.25, 0.3) is 5.56 Å². The van der Waals surface area contributed by atoms with Crippen LogP contribution >= 0.6 is 0 Å². The van der Waals surface area contributed by atoms with Crippen molar-refractivity contribution in [2.24, 2.45) is 5.41 Å². The van der Waals surface area contributed by atoms with Gasteiger partial charge in [0.1, 0.15) is 17.1 Å². The number of anilines is 1. The van der Waals surface area contributed by atoms with Gasteiger partial charge in [-0.2, -0.15) is 0 Å². The number of nitrogens with one attached hydrogen (secondary N) is 1. The molecule has 0 spiro atoms. The fourth-order valence-corrected chi connectivity index (χ4v) is 4.09. The lowest BCUT2D eigenvalue weighted by molar-refractivity contribution is 0.0539. The Kier molecular flexibility index (Phi) is 7.69. The van der Waals surface area contributed by atoms with Crippen LogP contribution < -0.4 is 10.9 Å². The Hall–Kier alpha value is -3.13. The predicted octanol–water partition coefficient (Wildman–Crippen LogP) is 5.68. The lowest BCUT2D eigenvalue weighted by Crippen LogP contribution is -2.35. The molecule has 0 amide bonds. The second kappa shape index (κ2) is 10.1. The molecule has 1 aromatic carbocycles. The van der Waals surface area contributed by atoms with Crippen LogP contribution in [0.1, 0.15) is 59.7 Å². The van der Waals surface area contributed by atoms with Crippen LogP contribution in [0, 0.1) is 11.2 Å². The van der Waals surface area contributed by atoms with E-state index in [0.29, 0.717) is 28.7 Å². The third kappa shape index (κ3) is 6.55. The quantitative estimate of drug-likeness (QED) is 0.443. The fourth-order valence-electron chi connectivity index (χ4n) is 4.09. The zero-order chi connectivity index (χ0) is 27.0. The molecule has 8 heteroatoms. The number of aromatic nitrogens is 2. The van der Waals surface area contributed by atoms with Gasteiger partial charge in [0.15, 0.2) is 0 Å². The largest absolute Gasteiger partial charge is 0.443 e. The minimum atomic E-state index is -0.724. The van der Waals surface area contributed by atoms with Crippen LogP contribution in [-0.4, -0.2) is 46.0 Å². The first-order valence-electron chi connectivity index (χ1n) is 12.2. The number of hydrogen-bond donors (Lipinski definition) is 1. The number of nitrogens with zero attached hydrogens (tertiary/aromatic N) is 3. The molecule has 36 heavy (non-hydrogen) atoms. The molecule has 1 unspecified atom stereocenters. The molecule has 0 aliphatic carbocycles. The number of benzene rings is 1. The molecule has 7 nitrogen and oxygen atoms in total. The zero-order valence-electron chi connectivity index (χ0n) is 22.9. The number of hydrogen-bond acceptors (Lipinski definition) is 5. The van der Waals surface area contributed by atoms with Crippen LogP contribution in [0.2, 0.25) is 0 Å². The van der Waals surface area contributed by atoms with Gasteiger partial charge in [-0.1, -0.05) is 20.8 Å². The van der Waals surface area contributed by atoms with Gasteiger partial charge in [-0.3, -0.25) is 9.69 Å². The Morgan fingerprint density at radius 1 is 1.14 bits per heavy atom. The molecule has 0 aliphatic heterocycles. The number of carbonyl (C=O) groups is 1. The van der Waals surface area contributed by atoms with Crippen molar-refractivity contribution in [1.82, 2.24) is 14.0 Å². The summed E-state index contributed by atoms with van der Waals surface area (Å²) in [7, 11) is 3.85. The topological polar surface area (TPSA) is 68.5 Å². The second-order valence-electron chi connectivity index (χ2n) is 11.8. The standard InChI is InChI=1S/C28H39FN4O3/c1-18(31(8)9)30-23-11-10-12-32(25(23)34)17-22-15-19-13-21(29)14-20(16-27(2,3)4)24(19)33(22)26(35)36-28(5,6)7/h10-15,18,30H,16-17H2,1-9H3. The zero-order valence-corrected chi connectivity index (χ0v) is 22.9. The third-order valence-corrected chi connectivity index (χ3v) is 5.80. The summed E-state index contributed by atoms with van der Waals surface area (Å²) in [5, 5.41) is 3.81. The third-order valence-electron chi connectivity index (χ3n) is 5.80. The average molecular weight is 499 g/mol. The highest BCUT2D eigenvalue weighted by atomic mass is 19.1. The van der Waals surface area contributed by atoms with Crippen molar-refractivity contribution < 1.29 is 13.9 Å². The smallest absolute Gasteiger partial charge is 0.419 e. The molecule has 1 atom stereocenters. The van der Waals surface area contributed by atoms with Crippen molar-refractivity contribution in [3.8, 4) is 0 Å². The molecule has 1 N–H and O–H groups in total. The first-order chi connectivity index (χ1) is 16.6. The SMILES string of the molecule is CC(Nc1cccn(Cc2cc3cc(F)cc(CC(C)(C)C)c3n2C(=O)OC(C)(C)C)c1=O)N(C)C. The Balaban J connectivity index is 2.18. The molecular formula is C28H39FN4O3. The predicted molar refractivity (Wildman–Crippen MR) is 143 cm³/mol. The second-order valence-corrected chi connectivity index (χ2v) is 11.8. The average Bonchev–Trinajstić information content (AvgIpc) is 3.06. The van der Waals surface area contributed by atoms with E-state index in [1.807, 2.05) is 25.9 Å². The van der Waals surface area contributed by atoms with Crippen LogP contribution in [0.5, 0.6) is 0 Å². The Morgan fingerprint density at radius 3 is 2.39 bits per heavy atom. The molecule has 0 fully saturated rings. The maximum absolute atomic E-state index is 14.6. The highest BCUT2D eigenvalue weighted by Gasteiger charge is 2.26. The molecule has 3 rings (SSSR count). The molecule has 0 radical (unpaired) electrons. The van der Waals surface area contributed by atoms with Crippen molar-refractivity contribution in [1.29, 1.82) is 0 Å². The molecule has 0 saturated carbocycles. The lowest BCUT2D eigenvalue weighted by Gasteiger charge is -2.23.